The van der Waals surface area contributed by atoms with Gasteiger partial charge in [-0.15, -0.1) is 11.3 Å². The van der Waals surface area contributed by atoms with Crippen molar-refractivity contribution in [2.45, 2.75) is 26.9 Å². The Hall–Kier alpha value is -0.490. The van der Waals surface area contributed by atoms with Gasteiger partial charge in [0.05, 0.1) is 25.5 Å². The minimum absolute atomic E-state index is 0.856. The van der Waals surface area contributed by atoms with Gasteiger partial charge in [0.2, 0.25) is 0 Å². The predicted molar refractivity (Wildman–Crippen MR) is 70.3 cm³/mol. The summed E-state index contributed by atoms with van der Waals surface area (Å²) < 4.78 is 5.35. The molecule has 1 saturated heterocycles. The molecule has 1 aromatic rings. The van der Waals surface area contributed by atoms with Gasteiger partial charge in [0.1, 0.15) is 5.01 Å². The van der Waals surface area contributed by atoms with E-state index in [1.54, 1.807) is 0 Å². The van der Waals surface area contributed by atoms with Crippen LogP contribution in [-0.4, -0.2) is 42.7 Å². The summed E-state index contributed by atoms with van der Waals surface area (Å²) in [5, 5.41) is 4.59. The number of hydrogen-bond donors (Lipinski definition) is 1. The first kappa shape index (κ1) is 13.0. The van der Waals surface area contributed by atoms with Gasteiger partial charge in [-0.2, -0.15) is 0 Å². The predicted octanol–water partition coefficient (Wildman–Crippen LogP) is 1.39. The number of morpholine rings is 1. The maximum absolute atomic E-state index is 5.35. The lowest BCUT2D eigenvalue weighted by atomic mass is 10.4. The molecule has 1 aliphatic rings. The first-order chi connectivity index (χ1) is 8.29. The SMILES string of the molecule is CCNCc1sc(CN2CCOCC2)nc1C. The molecule has 1 aromatic heterocycles. The van der Waals surface area contributed by atoms with Gasteiger partial charge in [0.25, 0.3) is 0 Å². The third kappa shape index (κ3) is 3.74. The lowest BCUT2D eigenvalue weighted by molar-refractivity contribution is 0.0341. The Balaban J connectivity index is 1.91. The summed E-state index contributed by atoms with van der Waals surface area (Å²) in [6, 6.07) is 0. The van der Waals surface area contributed by atoms with Crippen LogP contribution in [0.4, 0.5) is 0 Å². The Morgan fingerprint density at radius 3 is 2.88 bits per heavy atom. The highest BCUT2D eigenvalue weighted by atomic mass is 32.1. The summed E-state index contributed by atoms with van der Waals surface area (Å²) in [6.45, 7) is 10.9. The van der Waals surface area contributed by atoms with Gasteiger partial charge in [-0.3, -0.25) is 4.90 Å². The Morgan fingerprint density at radius 2 is 2.18 bits per heavy atom. The van der Waals surface area contributed by atoms with Crippen LogP contribution >= 0.6 is 11.3 Å². The molecular formula is C12H21N3OS. The Bertz CT molecular complexity index is 348. The molecule has 0 aromatic carbocycles. The van der Waals surface area contributed by atoms with Crippen LogP contribution in [0.15, 0.2) is 0 Å². The summed E-state index contributed by atoms with van der Waals surface area (Å²) in [7, 11) is 0. The van der Waals surface area contributed by atoms with E-state index in [1.807, 2.05) is 11.3 Å². The summed E-state index contributed by atoms with van der Waals surface area (Å²) in [5.41, 5.74) is 1.18. The molecule has 0 unspecified atom stereocenters. The molecule has 96 valence electrons. The molecule has 0 saturated carbocycles. The van der Waals surface area contributed by atoms with Crippen LogP contribution in [0.1, 0.15) is 22.5 Å². The smallest absolute Gasteiger partial charge is 0.107 e. The highest BCUT2D eigenvalue weighted by Crippen LogP contribution is 2.19. The van der Waals surface area contributed by atoms with Crippen LogP contribution in [0.2, 0.25) is 0 Å². The van der Waals surface area contributed by atoms with E-state index in [-0.39, 0.29) is 0 Å². The Kier molecular flexibility index (Phi) is 4.91. The van der Waals surface area contributed by atoms with Gasteiger partial charge >= 0.3 is 0 Å². The van der Waals surface area contributed by atoms with Crippen molar-refractivity contribution >= 4 is 11.3 Å². The molecule has 1 N–H and O–H groups in total. The zero-order valence-corrected chi connectivity index (χ0v) is 11.5. The molecule has 0 radical (unpaired) electrons. The minimum atomic E-state index is 0.856. The number of aryl methyl sites for hydroxylation is 1. The van der Waals surface area contributed by atoms with Gasteiger partial charge < -0.3 is 10.1 Å². The normalized spacial score (nSPS) is 17.5. The molecule has 4 nitrogen and oxygen atoms in total. The van der Waals surface area contributed by atoms with E-state index in [4.69, 9.17) is 4.74 Å². The van der Waals surface area contributed by atoms with Crippen molar-refractivity contribution in [3.05, 3.63) is 15.6 Å². The molecule has 0 atom stereocenters. The standard InChI is InChI=1S/C12H21N3OS/c1-3-13-8-11-10(2)14-12(17-11)9-15-4-6-16-7-5-15/h13H,3-9H2,1-2H3. The number of nitrogens with one attached hydrogen (secondary N) is 1. The van der Waals surface area contributed by atoms with Crippen LogP contribution in [0.5, 0.6) is 0 Å². The average Bonchev–Trinajstić information content (AvgIpc) is 2.68. The zero-order chi connectivity index (χ0) is 12.1. The third-order valence-corrected chi connectivity index (χ3v) is 4.08. The molecule has 17 heavy (non-hydrogen) atoms. The third-order valence-electron chi connectivity index (χ3n) is 2.94. The fraction of sp³-hybridized carbons (Fsp3) is 0.750. The van der Waals surface area contributed by atoms with Crippen molar-refractivity contribution in [1.29, 1.82) is 0 Å². The number of rotatable bonds is 5. The molecule has 0 bridgehead atoms. The number of ether oxygens (including phenoxy) is 1. The Labute approximate surface area is 107 Å². The van der Waals surface area contributed by atoms with Crippen molar-refractivity contribution in [1.82, 2.24) is 15.2 Å². The van der Waals surface area contributed by atoms with E-state index in [0.29, 0.717) is 0 Å². The zero-order valence-electron chi connectivity index (χ0n) is 10.7. The monoisotopic (exact) mass is 255 g/mol. The lowest BCUT2D eigenvalue weighted by Crippen LogP contribution is -2.35. The maximum atomic E-state index is 5.35. The summed E-state index contributed by atoms with van der Waals surface area (Å²) in [4.78, 5) is 8.44. The summed E-state index contributed by atoms with van der Waals surface area (Å²) in [5.74, 6) is 0. The number of nitrogens with zero attached hydrogens (tertiary/aromatic N) is 2. The fourth-order valence-corrected chi connectivity index (χ4v) is 2.99. The van der Waals surface area contributed by atoms with E-state index in [0.717, 1.165) is 45.9 Å². The fourth-order valence-electron chi connectivity index (χ4n) is 1.91. The molecule has 0 amide bonds. The topological polar surface area (TPSA) is 37.4 Å². The average molecular weight is 255 g/mol. The van der Waals surface area contributed by atoms with Crippen molar-refractivity contribution in [2.75, 3.05) is 32.8 Å². The lowest BCUT2D eigenvalue weighted by Gasteiger charge is -2.25. The number of hydrogen-bond acceptors (Lipinski definition) is 5. The highest BCUT2D eigenvalue weighted by Gasteiger charge is 2.14. The van der Waals surface area contributed by atoms with E-state index >= 15 is 0 Å². The molecule has 0 aliphatic carbocycles. The number of thiazole rings is 1. The van der Waals surface area contributed by atoms with Crippen molar-refractivity contribution in [2.24, 2.45) is 0 Å². The van der Waals surface area contributed by atoms with Crippen molar-refractivity contribution in [3.8, 4) is 0 Å². The van der Waals surface area contributed by atoms with Gasteiger partial charge in [-0.1, -0.05) is 6.92 Å². The van der Waals surface area contributed by atoms with E-state index < -0.39 is 0 Å². The van der Waals surface area contributed by atoms with Gasteiger partial charge in [-0.05, 0) is 13.5 Å². The van der Waals surface area contributed by atoms with Crippen LogP contribution in [0, 0.1) is 6.92 Å². The van der Waals surface area contributed by atoms with Gasteiger partial charge in [0.15, 0.2) is 0 Å². The first-order valence-corrected chi connectivity index (χ1v) is 7.07. The quantitative estimate of drug-likeness (QED) is 0.863. The maximum Gasteiger partial charge on any atom is 0.107 e. The molecule has 5 heteroatoms. The molecular weight excluding hydrogens is 234 g/mol. The van der Waals surface area contributed by atoms with Crippen molar-refractivity contribution < 1.29 is 4.74 Å². The van der Waals surface area contributed by atoms with Gasteiger partial charge in [-0.25, -0.2) is 4.98 Å². The second-order valence-corrected chi connectivity index (χ2v) is 5.45. The second-order valence-electron chi connectivity index (χ2n) is 4.29. The largest absolute Gasteiger partial charge is 0.379 e. The van der Waals surface area contributed by atoms with E-state index in [2.05, 4.69) is 29.0 Å². The van der Waals surface area contributed by atoms with Crippen LogP contribution in [0.3, 0.4) is 0 Å². The van der Waals surface area contributed by atoms with Gasteiger partial charge in [0, 0.05) is 24.5 Å². The number of aromatic nitrogens is 1. The van der Waals surface area contributed by atoms with E-state index in [9.17, 15) is 0 Å². The van der Waals surface area contributed by atoms with E-state index in [1.165, 1.54) is 15.6 Å². The molecule has 2 rings (SSSR count). The minimum Gasteiger partial charge on any atom is -0.379 e. The Morgan fingerprint density at radius 1 is 1.41 bits per heavy atom. The van der Waals surface area contributed by atoms with Crippen LogP contribution in [-0.2, 0) is 17.8 Å². The first-order valence-electron chi connectivity index (χ1n) is 6.25. The summed E-state index contributed by atoms with van der Waals surface area (Å²) in [6.07, 6.45) is 0. The van der Waals surface area contributed by atoms with Crippen molar-refractivity contribution in [3.63, 3.8) is 0 Å². The second kappa shape index (κ2) is 6.44. The molecule has 1 fully saturated rings. The highest BCUT2D eigenvalue weighted by molar-refractivity contribution is 7.11. The summed E-state index contributed by atoms with van der Waals surface area (Å²) >= 11 is 1.84. The van der Waals surface area contributed by atoms with Crippen LogP contribution < -0.4 is 5.32 Å². The molecule has 1 aliphatic heterocycles. The molecule has 2 heterocycles. The van der Waals surface area contributed by atoms with Crippen LogP contribution in [0.25, 0.3) is 0 Å². The molecule has 0 spiro atoms.